The van der Waals surface area contributed by atoms with Crippen LogP contribution in [0.15, 0.2) is 36.4 Å². The average Bonchev–Trinajstić information content (AvgIpc) is 3.30. The quantitative estimate of drug-likeness (QED) is 0.732. The van der Waals surface area contributed by atoms with Crippen molar-refractivity contribution < 1.29 is 14.2 Å². The molecule has 0 saturated carbocycles. The van der Waals surface area contributed by atoms with E-state index in [9.17, 15) is 0 Å². The smallest absolute Gasteiger partial charge is 0.161 e. The summed E-state index contributed by atoms with van der Waals surface area (Å²) < 4.78 is 17.0. The third-order valence-electron chi connectivity index (χ3n) is 4.35. The van der Waals surface area contributed by atoms with Gasteiger partial charge >= 0.3 is 0 Å². The van der Waals surface area contributed by atoms with Gasteiger partial charge in [-0.15, -0.1) is 0 Å². The Morgan fingerprint density at radius 3 is 2.96 bits per heavy atom. The van der Waals surface area contributed by atoms with Crippen molar-refractivity contribution in [2.24, 2.45) is 0 Å². The molecule has 2 heterocycles. The molecular weight excluding hydrogens is 340 g/mol. The Balaban J connectivity index is 1.60. The summed E-state index contributed by atoms with van der Waals surface area (Å²) in [7, 11) is 1.63. The SMILES string of the molecule is COc1cc(-c2nc3c(Cl)cccc3[nH]2)ccc1OCC1CCCO1. The molecule has 3 aromatic rings. The van der Waals surface area contributed by atoms with Crippen LogP contribution >= 0.6 is 11.6 Å². The number of methoxy groups -OCH3 is 1. The minimum absolute atomic E-state index is 0.168. The maximum Gasteiger partial charge on any atom is 0.161 e. The van der Waals surface area contributed by atoms with Crippen LogP contribution in [0.4, 0.5) is 0 Å². The number of hydrogen-bond acceptors (Lipinski definition) is 4. The Morgan fingerprint density at radius 1 is 1.28 bits per heavy atom. The number of aromatic nitrogens is 2. The molecule has 0 aliphatic carbocycles. The van der Waals surface area contributed by atoms with E-state index in [-0.39, 0.29) is 6.10 Å². The molecule has 1 aromatic heterocycles. The normalized spacial score (nSPS) is 17.1. The van der Waals surface area contributed by atoms with Gasteiger partial charge in [0.15, 0.2) is 11.5 Å². The van der Waals surface area contributed by atoms with E-state index in [1.54, 1.807) is 7.11 Å². The molecule has 1 aliphatic heterocycles. The number of imidazole rings is 1. The molecule has 0 bridgehead atoms. The summed E-state index contributed by atoms with van der Waals surface area (Å²) in [5.74, 6) is 2.12. The lowest BCUT2D eigenvalue weighted by molar-refractivity contribution is 0.0670. The van der Waals surface area contributed by atoms with Crippen LogP contribution in [0.3, 0.4) is 0 Å². The first-order valence-electron chi connectivity index (χ1n) is 8.31. The van der Waals surface area contributed by atoms with Crippen molar-refractivity contribution >= 4 is 22.6 Å². The highest BCUT2D eigenvalue weighted by Gasteiger charge is 2.17. The number of fused-ring (bicyclic) bond motifs is 1. The van der Waals surface area contributed by atoms with E-state index in [0.717, 1.165) is 41.9 Å². The molecule has 25 heavy (non-hydrogen) atoms. The highest BCUT2D eigenvalue weighted by Crippen LogP contribution is 2.33. The zero-order chi connectivity index (χ0) is 17.2. The van der Waals surface area contributed by atoms with Gasteiger partial charge in [0.25, 0.3) is 0 Å². The number of benzene rings is 2. The molecule has 1 fully saturated rings. The fourth-order valence-electron chi connectivity index (χ4n) is 3.03. The molecule has 0 radical (unpaired) electrons. The zero-order valence-electron chi connectivity index (χ0n) is 13.9. The summed E-state index contributed by atoms with van der Waals surface area (Å²) in [5, 5.41) is 0.628. The zero-order valence-corrected chi connectivity index (χ0v) is 14.7. The van der Waals surface area contributed by atoms with Crippen molar-refractivity contribution in [1.82, 2.24) is 9.97 Å². The minimum Gasteiger partial charge on any atom is -0.493 e. The van der Waals surface area contributed by atoms with Gasteiger partial charge in [-0.25, -0.2) is 4.98 Å². The van der Waals surface area contributed by atoms with Gasteiger partial charge in [0, 0.05) is 12.2 Å². The number of nitrogens with one attached hydrogen (secondary N) is 1. The number of ether oxygens (including phenoxy) is 3. The first-order valence-corrected chi connectivity index (χ1v) is 8.69. The lowest BCUT2D eigenvalue weighted by Gasteiger charge is -2.14. The third kappa shape index (κ3) is 3.30. The Hall–Kier alpha value is -2.24. The van der Waals surface area contributed by atoms with Crippen LogP contribution in [0.2, 0.25) is 5.02 Å². The molecule has 5 nitrogen and oxygen atoms in total. The maximum absolute atomic E-state index is 6.21. The molecule has 2 aromatic carbocycles. The molecule has 1 unspecified atom stereocenters. The summed E-state index contributed by atoms with van der Waals surface area (Å²) in [6.45, 7) is 1.36. The number of nitrogens with zero attached hydrogens (tertiary/aromatic N) is 1. The van der Waals surface area contributed by atoms with Gasteiger partial charge in [-0.2, -0.15) is 0 Å². The van der Waals surface area contributed by atoms with Gasteiger partial charge < -0.3 is 19.2 Å². The van der Waals surface area contributed by atoms with Crippen LogP contribution in [-0.4, -0.2) is 36.4 Å². The molecule has 1 aliphatic rings. The average molecular weight is 359 g/mol. The minimum atomic E-state index is 0.168. The molecule has 4 rings (SSSR count). The van der Waals surface area contributed by atoms with Gasteiger partial charge in [0.05, 0.1) is 23.8 Å². The third-order valence-corrected chi connectivity index (χ3v) is 4.65. The summed E-state index contributed by atoms with van der Waals surface area (Å²) in [6, 6.07) is 11.5. The fraction of sp³-hybridized carbons (Fsp3) is 0.316. The van der Waals surface area contributed by atoms with E-state index in [1.165, 1.54) is 0 Å². The van der Waals surface area contributed by atoms with Crippen molar-refractivity contribution in [2.45, 2.75) is 18.9 Å². The number of aromatic amines is 1. The topological polar surface area (TPSA) is 56.4 Å². The Morgan fingerprint density at radius 2 is 2.20 bits per heavy atom. The number of H-pyrrole nitrogens is 1. The van der Waals surface area contributed by atoms with E-state index in [4.69, 9.17) is 25.8 Å². The maximum atomic E-state index is 6.21. The molecule has 130 valence electrons. The van der Waals surface area contributed by atoms with Crippen molar-refractivity contribution in [3.8, 4) is 22.9 Å². The standard InChI is InChI=1S/C19H19ClN2O3/c1-23-17-10-12(7-8-16(17)25-11-13-4-3-9-24-13)19-21-15-6-2-5-14(20)18(15)22-19/h2,5-8,10,13H,3-4,9,11H2,1H3,(H,21,22). The Bertz CT molecular complexity index is 888. The van der Waals surface area contributed by atoms with Gasteiger partial charge in [-0.3, -0.25) is 0 Å². The van der Waals surface area contributed by atoms with Crippen LogP contribution in [0.25, 0.3) is 22.4 Å². The predicted octanol–water partition coefficient (Wildman–Crippen LogP) is 4.45. The molecule has 1 saturated heterocycles. The van der Waals surface area contributed by atoms with Crippen LogP contribution in [-0.2, 0) is 4.74 Å². The summed E-state index contributed by atoms with van der Waals surface area (Å²) in [4.78, 5) is 7.88. The van der Waals surface area contributed by atoms with E-state index < -0.39 is 0 Å². The molecule has 0 spiro atoms. The highest BCUT2D eigenvalue weighted by atomic mass is 35.5. The van der Waals surface area contributed by atoms with Crippen molar-refractivity contribution in [2.75, 3.05) is 20.3 Å². The molecule has 0 amide bonds. The number of para-hydroxylation sites is 1. The van der Waals surface area contributed by atoms with Crippen molar-refractivity contribution in [1.29, 1.82) is 0 Å². The second kappa shape index (κ2) is 6.94. The first-order chi connectivity index (χ1) is 12.2. The van der Waals surface area contributed by atoms with E-state index in [0.29, 0.717) is 23.1 Å². The molecule has 1 atom stereocenters. The lowest BCUT2D eigenvalue weighted by Crippen LogP contribution is -2.16. The van der Waals surface area contributed by atoms with Crippen LogP contribution < -0.4 is 9.47 Å². The summed E-state index contributed by atoms with van der Waals surface area (Å²) in [6.07, 6.45) is 2.31. The second-order valence-corrected chi connectivity index (χ2v) is 6.44. The molecular formula is C19H19ClN2O3. The largest absolute Gasteiger partial charge is 0.493 e. The van der Waals surface area contributed by atoms with Crippen molar-refractivity contribution in [3.63, 3.8) is 0 Å². The summed E-state index contributed by atoms with van der Waals surface area (Å²) in [5.41, 5.74) is 2.57. The van der Waals surface area contributed by atoms with Gasteiger partial charge in [0.2, 0.25) is 0 Å². The number of rotatable bonds is 5. The number of halogens is 1. The first kappa shape index (κ1) is 16.2. The van der Waals surface area contributed by atoms with Crippen LogP contribution in [0.1, 0.15) is 12.8 Å². The van der Waals surface area contributed by atoms with Crippen LogP contribution in [0, 0.1) is 0 Å². The Labute approximate surface area is 150 Å². The predicted molar refractivity (Wildman–Crippen MR) is 97.6 cm³/mol. The fourth-order valence-corrected chi connectivity index (χ4v) is 3.24. The molecule has 1 N–H and O–H groups in total. The monoisotopic (exact) mass is 358 g/mol. The Kier molecular flexibility index (Phi) is 4.51. The highest BCUT2D eigenvalue weighted by molar-refractivity contribution is 6.35. The number of hydrogen-bond donors (Lipinski definition) is 1. The van der Waals surface area contributed by atoms with Crippen molar-refractivity contribution in [3.05, 3.63) is 41.4 Å². The summed E-state index contributed by atoms with van der Waals surface area (Å²) >= 11 is 6.21. The van der Waals surface area contributed by atoms with Gasteiger partial charge in [-0.1, -0.05) is 17.7 Å². The van der Waals surface area contributed by atoms with E-state index >= 15 is 0 Å². The van der Waals surface area contributed by atoms with Gasteiger partial charge in [-0.05, 0) is 43.2 Å². The second-order valence-electron chi connectivity index (χ2n) is 6.03. The molecule has 6 heteroatoms. The van der Waals surface area contributed by atoms with E-state index in [2.05, 4.69) is 9.97 Å². The van der Waals surface area contributed by atoms with E-state index in [1.807, 2.05) is 36.4 Å². The lowest BCUT2D eigenvalue weighted by atomic mass is 10.2. The van der Waals surface area contributed by atoms with Gasteiger partial charge in [0.1, 0.15) is 17.9 Å². The van der Waals surface area contributed by atoms with Crippen LogP contribution in [0.5, 0.6) is 11.5 Å².